The van der Waals surface area contributed by atoms with Crippen LogP contribution in [0, 0.1) is 17.0 Å². The Morgan fingerprint density at radius 3 is 2.56 bits per heavy atom. The number of nitro groups is 1. The van der Waals surface area contributed by atoms with E-state index in [0.717, 1.165) is 29.3 Å². The molecule has 1 aromatic heterocycles. The molecule has 0 aliphatic heterocycles. The summed E-state index contributed by atoms with van der Waals surface area (Å²) in [6.07, 6.45) is 1.43. The third-order valence-electron chi connectivity index (χ3n) is 3.79. The summed E-state index contributed by atoms with van der Waals surface area (Å²) in [5.41, 5.74) is 2.16. The van der Waals surface area contributed by atoms with Gasteiger partial charge >= 0.3 is 0 Å². The summed E-state index contributed by atoms with van der Waals surface area (Å²) in [7, 11) is -4.05. The van der Waals surface area contributed by atoms with E-state index in [0.29, 0.717) is 11.6 Å². The summed E-state index contributed by atoms with van der Waals surface area (Å²) in [5, 5.41) is 18.9. The Balaban J connectivity index is 1.83. The molecule has 0 bridgehead atoms. The summed E-state index contributed by atoms with van der Waals surface area (Å²) >= 11 is 0. The van der Waals surface area contributed by atoms with Gasteiger partial charge in [-0.05, 0) is 25.1 Å². The first kappa shape index (κ1) is 18.5. The molecule has 0 saturated carbocycles. The first-order chi connectivity index (χ1) is 12.7. The standard InChI is InChI=1S/C17H16N4O5S/c1-11-2-4-12(5-3-11)17-20-13(10-26-17)9-19-15-8-14(21(22)23)6-7-16(15)27(18,24)25/h2-8,10,19H,9H2,1H3,(H2,18,24,25). The molecule has 9 nitrogen and oxygen atoms in total. The maximum Gasteiger partial charge on any atom is 0.271 e. The molecule has 3 N–H and O–H groups in total. The zero-order valence-corrected chi connectivity index (χ0v) is 15.1. The number of anilines is 1. The average molecular weight is 388 g/mol. The molecule has 0 fully saturated rings. The number of hydrogen-bond acceptors (Lipinski definition) is 7. The maximum absolute atomic E-state index is 11.7. The van der Waals surface area contributed by atoms with Gasteiger partial charge in [-0.2, -0.15) is 0 Å². The van der Waals surface area contributed by atoms with Crippen molar-refractivity contribution in [1.29, 1.82) is 0 Å². The zero-order valence-electron chi connectivity index (χ0n) is 14.2. The molecule has 0 radical (unpaired) electrons. The highest BCUT2D eigenvalue weighted by molar-refractivity contribution is 7.89. The molecule has 3 rings (SSSR count). The van der Waals surface area contributed by atoms with Gasteiger partial charge in [-0.25, -0.2) is 18.5 Å². The van der Waals surface area contributed by atoms with E-state index in [4.69, 9.17) is 9.56 Å². The van der Waals surface area contributed by atoms with Crippen LogP contribution < -0.4 is 10.5 Å². The summed E-state index contributed by atoms with van der Waals surface area (Å²) in [5.74, 6) is 0.414. The molecule has 0 aliphatic rings. The Morgan fingerprint density at radius 1 is 1.22 bits per heavy atom. The molecule has 140 valence electrons. The largest absolute Gasteiger partial charge is 0.444 e. The predicted molar refractivity (Wildman–Crippen MR) is 98.5 cm³/mol. The van der Waals surface area contributed by atoms with Crippen LogP contribution in [0.5, 0.6) is 0 Å². The van der Waals surface area contributed by atoms with Gasteiger partial charge in [-0.3, -0.25) is 10.1 Å². The van der Waals surface area contributed by atoms with Crippen LogP contribution in [0.4, 0.5) is 11.4 Å². The smallest absolute Gasteiger partial charge is 0.271 e. The van der Waals surface area contributed by atoms with E-state index in [2.05, 4.69) is 10.3 Å². The zero-order chi connectivity index (χ0) is 19.6. The summed E-state index contributed by atoms with van der Waals surface area (Å²) in [6.45, 7) is 2.07. The van der Waals surface area contributed by atoms with E-state index in [9.17, 15) is 18.5 Å². The van der Waals surface area contributed by atoms with Gasteiger partial charge in [0.05, 0.1) is 22.8 Å². The molecule has 0 spiro atoms. The number of nitrogens with zero attached hydrogens (tertiary/aromatic N) is 2. The van der Waals surface area contributed by atoms with E-state index >= 15 is 0 Å². The van der Waals surface area contributed by atoms with Crippen LogP contribution in [-0.2, 0) is 16.6 Å². The highest BCUT2D eigenvalue weighted by atomic mass is 32.2. The Hall–Kier alpha value is -3.24. The van der Waals surface area contributed by atoms with Crippen molar-refractivity contribution in [1.82, 2.24) is 4.98 Å². The number of primary sulfonamides is 1. The molecular formula is C17H16N4O5S. The lowest BCUT2D eigenvalue weighted by Crippen LogP contribution is -2.15. The molecule has 3 aromatic rings. The number of hydrogen-bond donors (Lipinski definition) is 2. The van der Waals surface area contributed by atoms with E-state index in [1.807, 2.05) is 31.2 Å². The molecular weight excluding hydrogens is 372 g/mol. The van der Waals surface area contributed by atoms with E-state index in [-0.39, 0.29) is 22.8 Å². The van der Waals surface area contributed by atoms with Gasteiger partial charge < -0.3 is 9.73 Å². The molecule has 0 atom stereocenters. The Morgan fingerprint density at radius 2 is 1.93 bits per heavy atom. The second-order valence-electron chi connectivity index (χ2n) is 5.85. The number of sulfonamides is 1. The van der Waals surface area contributed by atoms with Crippen LogP contribution in [-0.4, -0.2) is 18.3 Å². The number of nitrogens with one attached hydrogen (secondary N) is 1. The average Bonchev–Trinajstić information content (AvgIpc) is 3.08. The van der Waals surface area contributed by atoms with Crippen molar-refractivity contribution in [2.45, 2.75) is 18.4 Å². The quantitative estimate of drug-likeness (QED) is 0.488. The highest BCUT2D eigenvalue weighted by Gasteiger charge is 2.18. The summed E-state index contributed by atoms with van der Waals surface area (Å²) in [6, 6.07) is 10.9. The van der Waals surface area contributed by atoms with Crippen LogP contribution in [0.1, 0.15) is 11.3 Å². The van der Waals surface area contributed by atoms with Crippen molar-refractivity contribution in [3.63, 3.8) is 0 Å². The lowest BCUT2D eigenvalue weighted by molar-refractivity contribution is -0.384. The topological polar surface area (TPSA) is 141 Å². The molecule has 0 saturated heterocycles. The Labute approximate surface area is 155 Å². The number of oxazole rings is 1. The normalized spacial score (nSPS) is 11.3. The van der Waals surface area contributed by atoms with Crippen molar-refractivity contribution in [2.24, 2.45) is 5.14 Å². The third-order valence-corrected chi connectivity index (χ3v) is 4.76. The fourth-order valence-electron chi connectivity index (χ4n) is 2.42. The molecule has 2 aromatic carbocycles. The first-order valence-corrected chi connectivity index (χ1v) is 9.35. The number of benzene rings is 2. The monoisotopic (exact) mass is 388 g/mol. The van der Waals surface area contributed by atoms with E-state index in [1.54, 1.807) is 0 Å². The van der Waals surface area contributed by atoms with Gasteiger partial charge in [0, 0.05) is 17.7 Å². The Kier molecular flexibility index (Phi) is 4.93. The van der Waals surface area contributed by atoms with Crippen LogP contribution in [0.25, 0.3) is 11.5 Å². The molecule has 1 heterocycles. The van der Waals surface area contributed by atoms with Gasteiger partial charge in [0.15, 0.2) is 0 Å². The maximum atomic E-state index is 11.7. The molecule has 27 heavy (non-hydrogen) atoms. The van der Waals surface area contributed by atoms with Crippen molar-refractivity contribution in [3.05, 3.63) is 70.1 Å². The highest BCUT2D eigenvalue weighted by Crippen LogP contribution is 2.26. The predicted octanol–water partition coefficient (Wildman–Crippen LogP) is 2.82. The van der Waals surface area contributed by atoms with Crippen molar-refractivity contribution in [3.8, 4) is 11.5 Å². The molecule has 0 aliphatic carbocycles. The van der Waals surface area contributed by atoms with Gasteiger partial charge in [0.2, 0.25) is 15.9 Å². The van der Waals surface area contributed by atoms with Gasteiger partial charge in [0.1, 0.15) is 11.2 Å². The lowest BCUT2D eigenvalue weighted by atomic mass is 10.1. The third kappa shape index (κ3) is 4.30. The number of nitrogens with two attached hydrogens (primary N) is 1. The van der Waals surface area contributed by atoms with Gasteiger partial charge in [0.25, 0.3) is 5.69 Å². The Bertz CT molecular complexity index is 1090. The van der Waals surface area contributed by atoms with Crippen molar-refractivity contribution >= 4 is 21.4 Å². The number of nitro benzene ring substituents is 1. The fraction of sp³-hybridized carbons (Fsp3) is 0.118. The molecule has 0 unspecified atom stereocenters. The van der Waals surface area contributed by atoms with Gasteiger partial charge in [-0.15, -0.1) is 0 Å². The number of aromatic nitrogens is 1. The number of rotatable bonds is 6. The minimum absolute atomic E-state index is 0.0200. The van der Waals surface area contributed by atoms with Crippen LogP contribution in [0.3, 0.4) is 0 Å². The first-order valence-electron chi connectivity index (χ1n) is 7.80. The second kappa shape index (κ2) is 7.17. The summed E-state index contributed by atoms with van der Waals surface area (Å²) in [4.78, 5) is 14.4. The lowest BCUT2D eigenvalue weighted by Gasteiger charge is -2.09. The molecule has 10 heteroatoms. The van der Waals surface area contributed by atoms with Crippen molar-refractivity contribution in [2.75, 3.05) is 5.32 Å². The van der Waals surface area contributed by atoms with Crippen LogP contribution >= 0.6 is 0 Å². The second-order valence-corrected chi connectivity index (χ2v) is 7.38. The molecule has 0 amide bonds. The number of non-ortho nitro benzene ring substituents is 1. The van der Waals surface area contributed by atoms with Crippen LogP contribution in [0.15, 0.2) is 58.0 Å². The van der Waals surface area contributed by atoms with Crippen molar-refractivity contribution < 1.29 is 17.8 Å². The van der Waals surface area contributed by atoms with E-state index in [1.165, 1.54) is 6.26 Å². The minimum atomic E-state index is -4.05. The van der Waals surface area contributed by atoms with Gasteiger partial charge in [-0.1, -0.05) is 17.7 Å². The van der Waals surface area contributed by atoms with E-state index < -0.39 is 14.9 Å². The minimum Gasteiger partial charge on any atom is -0.444 e. The summed E-state index contributed by atoms with van der Waals surface area (Å²) < 4.78 is 28.8. The number of aryl methyl sites for hydroxylation is 1. The fourth-order valence-corrected chi connectivity index (χ4v) is 3.12. The SMILES string of the molecule is Cc1ccc(-c2nc(CNc3cc([N+](=O)[O-])ccc3S(N)(=O)=O)co2)cc1. The van der Waals surface area contributed by atoms with Crippen LogP contribution in [0.2, 0.25) is 0 Å².